The maximum Gasteiger partial charge on any atom is 0.338 e. The number of benzene rings is 1. The molecule has 0 amide bonds. The number of para-hydroxylation sites is 1. The monoisotopic (exact) mass is 264 g/mol. The van der Waals surface area contributed by atoms with Crippen LogP contribution in [0.5, 0.6) is 0 Å². The van der Waals surface area contributed by atoms with Crippen LogP contribution in [0.1, 0.15) is 24.2 Å². The Morgan fingerprint density at radius 2 is 2.16 bits per heavy atom. The summed E-state index contributed by atoms with van der Waals surface area (Å²) < 4.78 is 0. The molecule has 0 saturated carbocycles. The van der Waals surface area contributed by atoms with Gasteiger partial charge in [0.2, 0.25) is 0 Å². The van der Waals surface area contributed by atoms with Crippen molar-refractivity contribution in [1.29, 1.82) is 0 Å². The number of hydrogen-bond acceptors (Lipinski definition) is 4. The molecule has 19 heavy (non-hydrogen) atoms. The molecular weight excluding hydrogens is 248 g/mol. The first-order valence-corrected chi connectivity index (χ1v) is 5.78. The Morgan fingerprint density at radius 3 is 2.58 bits per heavy atom. The van der Waals surface area contributed by atoms with Crippen LogP contribution in [-0.2, 0) is 0 Å². The second-order valence-electron chi connectivity index (χ2n) is 4.21. The first kappa shape index (κ1) is 14.7. The van der Waals surface area contributed by atoms with Gasteiger partial charge >= 0.3 is 5.97 Å². The Labute approximate surface area is 111 Å². The number of anilines is 1. The molecular formula is C13H16N2O4. The van der Waals surface area contributed by atoms with E-state index in [0.29, 0.717) is 13.1 Å². The first-order chi connectivity index (χ1) is 8.88. The number of carbonyl (C=O) groups is 1. The average molecular weight is 264 g/mol. The second kappa shape index (κ2) is 5.99. The molecule has 0 unspecified atom stereocenters. The van der Waals surface area contributed by atoms with Gasteiger partial charge in [-0.05, 0) is 19.9 Å². The number of likely N-dealkylation sites (N-methyl/N-ethyl adjacent to an activating group) is 1. The summed E-state index contributed by atoms with van der Waals surface area (Å²) in [5, 5.41) is 20.2. The van der Waals surface area contributed by atoms with E-state index < -0.39 is 10.9 Å². The van der Waals surface area contributed by atoms with Crippen molar-refractivity contribution < 1.29 is 14.8 Å². The van der Waals surface area contributed by atoms with Gasteiger partial charge in [0.1, 0.15) is 5.69 Å². The normalized spacial score (nSPS) is 10.0. The minimum Gasteiger partial charge on any atom is -0.478 e. The summed E-state index contributed by atoms with van der Waals surface area (Å²) in [6.07, 6.45) is 0. The SMILES string of the molecule is C=C(C)CN(CC)c1c(C(=O)O)cccc1[N+](=O)[O-]. The van der Waals surface area contributed by atoms with Crippen LogP contribution >= 0.6 is 0 Å². The summed E-state index contributed by atoms with van der Waals surface area (Å²) in [7, 11) is 0. The number of nitro benzene ring substituents is 1. The molecule has 0 fully saturated rings. The van der Waals surface area contributed by atoms with Crippen LogP contribution in [0, 0.1) is 10.1 Å². The fourth-order valence-electron chi connectivity index (χ4n) is 1.86. The van der Waals surface area contributed by atoms with Crippen molar-refractivity contribution in [3.8, 4) is 0 Å². The number of carboxylic acids is 1. The van der Waals surface area contributed by atoms with Gasteiger partial charge in [0, 0.05) is 19.2 Å². The van der Waals surface area contributed by atoms with Gasteiger partial charge in [-0.25, -0.2) is 4.79 Å². The highest BCUT2D eigenvalue weighted by atomic mass is 16.6. The van der Waals surface area contributed by atoms with Crippen molar-refractivity contribution in [2.45, 2.75) is 13.8 Å². The predicted molar refractivity (Wildman–Crippen MR) is 72.8 cm³/mol. The molecule has 6 heteroatoms. The molecule has 0 saturated heterocycles. The number of nitrogens with zero attached hydrogens (tertiary/aromatic N) is 2. The number of carboxylic acid groups (broad SMARTS) is 1. The zero-order valence-corrected chi connectivity index (χ0v) is 10.9. The van der Waals surface area contributed by atoms with E-state index in [1.165, 1.54) is 18.2 Å². The van der Waals surface area contributed by atoms with Gasteiger partial charge in [0.15, 0.2) is 0 Å². The summed E-state index contributed by atoms with van der Waals surface area (Å²) in [5.74, 6) is -1.18. The number of nitro groups is 1. The summed E-state index contributed by atoms with van der Waals surface area (Å²) in [6, 6.07) is 4.05. The van der Waals surface area contributed by atoms with Crippen molar-refractivity contribution in [2.24, 2.45) is 0 Å². The third kappa shape index (κ3) is 3.31. The quantitative estimate of drug-likeness (QED) is 0.485. The van der Waals surface area contributed by atoms with Gasteiger partial charge in [-0.15, -0.1) is 0 Å². The van der Waals surface area contributed by atoms with Crippen LogP contribution in [0.25, 0.3) is 0 Å². The van der Waals surface area contributed by atoms with E-state index in [9.17, 15) is 20.0 Å². The molecule has 0 aliphatic rings. The Bertz CT molecular complexity index is 493. The van der Waals surface area contributed by atoms with Crippen LogP contribution in [0.15, 0.2) is 30.4 Å². The van der Waals surface area contributed by atoms with Crippen molar-refractivity contribution in [3.63, 3.8) is 0 Å². The number of hydrogen-bond donors (Lipinski definition) is 1. The minimum absolute atomic E-state index is 0.0719. The summed E-state index contributed by atoms with van der Waals surface area (Å²) in [4.78, 5) is 23.4. The van der Waals surface area contributed by atoms with Gasteiger partial charge in [0.05, 0.1) is 10.5 Å². The second-order valence-corrected chi connectivity index (χ2v) is 4.21. The van der Waals surface area contributed by atoms with Gasteiger partial charge in [-0.3, -0.25) is 10.1 Å². The molecule has 0 heterocycles. The lowest BCUT2D eigenvalue weighted by atomic mass is 10.1. The highest BCUT2D eigenvalue weighted by Gasteiger charge is 2.25. The molecule has 1 aromatic rings. The lowest BCUT2D eigenvalue weighted by molar-refractivity contribution is -0.384. The summed E-state index contributed by atoms with van der Waals surface area (Å²) in [5.41, 5.74) is 0.655. The molecule has 6 nitrogen and oxygen atoms in total. The molecule has 1 N–H and O–H groups in total. The van der Waals surface area contributed by atoms with E-state index in [1.807, 2.05) is 6.92 Å². The highest BCUT2D eigenvalue weighted by Crippen LogP contribution is 2.32. The summed E-state index contributed by atoms with van der Waals surface area (Å²) in [6.45, 7) is 8.19. The van der Waals surface area contributed by atoms with Crippen molar-refractivity contribution in [1.82, 2.24) is 0 Å². The van der Waals surface area contributed by atoms with E-state index in [0.717, 1.165) is 5.57 Å². The van der Waals surface area contributed by atoms with Crippen LogP contribution in [0.2, 0.25) is 0 Å². The van der Waals surface area contributed by atoms with Gasteiger partial charge in [0.25, 0.3) is 5.69 Å². The predicted octanol–water partition coefficient (Wildman–Crippen LogP) is 2.70. The lowest BCUT2D eigenvalue weighted by Gasteiger charge is -2.24. The topological polar surface area (TPSA) is 83.7 Å². The van der Waals surface area contributed by atoms with E-state index >= 15 is 0 Å². The molecule has 102 valence electrons. The Morgan fingerprint density at radius 1 is 1.53 bits per heavy atom. The molecule has 0 atom stereocenters. The Balaban J connectivity index is 3.46. The third-order valence-corrected chi connectivity index (χ3v) is 2.60. The molecule has 0 aromatic heterocycles. The van der Waals surface area contributed by atoms with Crippen LogP contribution in [-0.4, -0.2) is 29.1 Å². The van der Waals surface area contributed by atoms with Crippen molar-refractivity contribution >= 4 is 17.3 Å². The maximum atomic E-state index is 11.2. The fraction of sp³-hybridized carbons (Fsp3) is 0.308. The average Bonchev–Trinajstić information content (AvgIpc) is 2.34. The van der Waals surface area contributed by atoms with Crippen LogP contribution < -0.4 is 4.90 Å². The van der Waals surface area contributed by atoms with Crippen LogP contribution in [0.4, 0.5) is 11.4 Å². The zero-order chi connectivity index (χ0) is 14.6. The minimum atomic E-state index is -1.18. The standard InChI is InChI=1S/C13H16N2O4/c1-4-14(8-9(2)3)12-10(13(16)17)6-5-7-11(12)15(18)19/h5-7H,2,4,8H2,1,3H3,(H,16,17). The molecule has 1 rings (SSSR count). The molecule has 0 bridgehead atoms. The van der Waals surface area contributed by atoms with E-state index in [4.69, 9.17) is 0 Å². The largest absolute Gasteiger partial charge is 0.478 e. The van der Waals surface area contributed by atoms with E-state index in [2.05, 4.69) is 6.58 Å². The number of aromatic carboxylic acids is 1. The Hall–Kier alpha value is -2.37. The van der Waals surface area contributed by atoms with Gasteiger partial charge in [-0.2, -0.15) is 0 Å². The third-order valence-electron chi connectivity index (χ3n) is 2.60. The first-order valence-electron chi connectivity index (χ1n) is 5.78. The number of rotatable bonds is 6. The summed E-state index contributed by atoms with van der Waals surface area (Å²) >= 11 is 0. The van der Waals surface area contributed by atoms with Gasteiger partial charge in [-0.1, -0.05) is 18.2 Å². The smallest absolute Gasteiger partial charge is 0.338 e. The van der Waals surface area contributed by atoms with E-state index in [-0.39, 0.29) is 16.9 Å². The molecule has 0 aliphatic carbocycles. The molecule has 0 spiro atoms. The fourth-order valence-corrected chi connectivity index (χ4v) is 1.86. The molecule has 0 aliphatic heterocycles. The highest BCUT2D eigenvalue weighted by molar-refractivity contribution is 5.97. The molecule has 0 radical (unpaired) electrons. The van der Waals surface area contributed by atoms with E-state index in [1.54, 1.807) is 11.8 Å². The van der Waals surface area contributed by atoms with Gasteiger partial charge < -0.3 is 10.0 Å². The van der Waals surface area contributed by atoms with Crippen LogP contribution in [0.3, 0.4) is 0 Å². The molecule has 1 aromatic carbocycles. The maximum absolute atomic E-state index is 11.2. The lowest BCUT2D eigenvalue weighted by Crippen LogP contribution is -2.27. The van der Waals surface area contributed by atoms with Crippen molar-refractivity contribution in [2.75, 3.05) is 18.0 Å². The van der Waals surface area contributed by atoms with Crippen molar-refractivity contribution in [3.05, 3.63) is 46.0 Å². The Kier molecular flexibility index (Phi) is 4.63. The zero-order valence-electron chi connectivity index (χ0n) is 10.9.